The second-order valence-corrected chi connectivity index (χ2v) is 6.68. The third-order valence-corrected chi connectivity index (χ3v) is 5.61. The highest BCUT2D eigenvalue weighted by molar-refractivity contribution is 9.10. The van der Waals surface area contributed by atoms with Gasteiger partial charge in [-0.05, 0) is 34.7 Å². The lowest BCUT2D eigenvalue weighted by atomic mass is 9.81. The standard InChI is InChI=1S/C14H18BrN3O3/c1-17-12(19)11(15)10(6-16-17)18-7-9-4-3-5-14(9,8-18)13(20)21-2/h6,9H,3-5,7-8H2,1-2H3. The minimum absolute atomic E-state index is 0.125. The summed E-state index contributed by atoms with van der Waals surface area (Å²) in [6.07, 6.45) is 4.62. The molecule has 0 aromatic carbocycles. The summed E-state index contributed by atoms with van der Waals surface area (Å²) >= 11 is 3.36. The fourth-order valence-corrected chi connectivity index (χ4v) is 4.34. The highest BCUT2D eigenvalue weighted by Crippen LogP contribution is 2.50. The van der Waals surface area contributed by atoms with E-state index in [9.17, 15) is 9.59 Å². The van der Waals surface area contributed by atoms with E-state index in [4.69, 9.17) is 4.74 Å². The fraction of sp³-hybridized carbons (Fsp3) is 0.643. The Bertz CT molecular complexity index is 645. The summed E-state index contributed by atoms with van der Waals surface area (Å²) in [4.78, 5) is 26.3. The van der Waals surface area contributed by atoms with Crippen LogP contribution in [0.25, 0.3) is 0 Å². The maximum Gasteiger partial charge on any atom is 0.313 e. The molecule has 1 saturated heterocycles. The number of hydrogen-bond acceptors (Lipinski definition) is 5. The van der Waals surface area contributed by atoms with Crippen LogP contribution in [-0.4, -0.2) is 35.9 Å². The number of carbonyl (C=O) groups excluding carboxylic acids is 1. The van der Waals surface area contributed by atoms with Crippen LogP contribution >= 0.6 is 15.9 Å². The molecule has 2 unspecified atom stereocenters. The van der Waals surface area contributed by atoms with Crippen LogP contribution in [0.4, 0.5) is 5.69 Å². The minimum Gasteiger partial charge on any atom is -0.469 e. The predicted octanol–water partition coefficient (Wildman–Crippen LogP) is 1.32. The van der Waals surface area contributed by atoms with Crippen LogP contribution in [0.2, 0.25) is 0 Å². The molecule has 1 saturated carbocycles. The van der Waals surface area contributed by atoms with Gasteiger partial charge in [-0.1, -0.05) is 6.42 Å². The molecule has 0 amide bonds. The van der Waals surface area contributed by atoms with E-state index in [1.54, 1.807) is 13.2 Å². The summed E-state index contributed by atoms with van der Waals surface area (Å²) in [5, 5.41) is 4.08. The van der Waals surface area contributed by atoms with Gasteiger partial charge in [0.25, 0.3) is 5.56 Å². The molecule has 0 N–H and O–H groups in total. The van der Waals surface area contributed by atoms with E-state index < -0.39 is 5.41 Å². The van der Waals surface area contributed by atoms with Crippen LogP contribution < -0.4 is 10.5 Å². The van der Waals surface area contributed by atoms with Gasteiger partial charge < -0.3 is 9.64 Å². The Morgan fingerprint density at radius 2 is 2.33 bits per heavy atom. The highest BCUT2D eigenvalue weighted by Gasteiger charge is 2.55. The molecule has 2 heterocycles. The summed E-state index contributed by atoms with van der Waals surface area (Å²) in [6.45, 7) is 1.36. The smallest absolute Gasteiger partial charge is 0.313 e. The van der Waals surface area contributed by atoms with Crippen molar-refractivity contribution in [2.45, 2.75) is 19.3 Å². The van der Waals surface area contributed by atoms with Crippen molar-refractivity contribution in [1.82, 2.24) is 9.78 Å². The van der Waals surface area contributed by atoms with Crippen molar-refractivity contribution < 1.29 is 9.53 Å². The zero-order chi connectivity index (χ0) is 15.2. The molecule has 6 nitrogen and oxygen atoms in total. The van der Waals surface area contributed by atoms with Gasteiger partial charge in [-0.2, -0.15) is 5.10 Å². The number of hydrogen-bond donors (Lipinski definition) is 0. The first-order chi connectivity index (χ1) is 9.99. The van der Waals surface area contributed by atoms with E-state index in [-0.39, 0.29) is 11.5 Å². The van der Waals surface area contributed by atoms with Crippen molar-refractivity contribution in [3.63, 3.8) is 0 Å². The average Bonchev–Trinajstić information content (AvgIpc) is 3.01. The van der Waals surface area contributed by atoms with Gasteiger partial charge in [-0.15, -0.1) is 0 Å². The number of fused-ring (bicyclic) bond motifs is 1. The molecule has 2 atom stereocenters. The highest BCUT2D eigenvalue weighted by atomic mass is 79.9. The van der Waals surface area contributed by atoms with E-state index >= 15 is 0 Å². The quantitative estimate of drug-likeness (QED) is 0.748. The van der Waals surface area contributed by atoms with E-state index in [1.165, 1.54) is 11.8 Å². The predicted molar refractivity (Wildman–Crippen MR) is 81.2 cm³/mol. The molecule has 1 aliphatic carbocycles. The van der Waals surface area contributed by atoms with Crippen LogP contribution in [0.3, 0.4) is 0 Å². The lowest BCUT2D eigenvalue weighted by molar-refractivity contribution is -0.152. The number of aryl methyl sites for hydroxylation is 1. The molecule has 3 rings (SSSR count). The van der Waals surface area contributed by atoms with Crippen molar-refractivity contribution in [3.05, 3.63) is 21.0 Å². The number of halogens is 1. The largest absolute Gasteiger partial charge is 0.469 e. The molecule has 0 radical (unpaired) electrons. The monoisotopic (exact) mass is 355 g/mol. The van der Waals surface area contributed by atoms with Crippen molar-refractivity contribution in [2.75, 3.05) is 25.1 Å². The number of esters is 1. The van der Waals surface area contributed by atoms with Crippen molar-refractivity contribution >= 4 is 27.6 Å². The van der Waals surface area contributed by atoms with Gasteiger partial charge in [-0.3, -0.25) is 9.59 Å². The molecule has 114 valence electrons. The van der Waals surface area contributed by atoms with Gasteiger partial charge in [0.2, 0.25) is 0 Å². The number of rotatable bonds is 2. The number of aromatic nitrogens is 2. The van der Waals surface area contributed by atoms with Crippen LogP contribution in [0.15, 0.2) is 15.5 Å². The maximum atomic E-state index is 12.3. The number of anilines is 1. The Kier molecular flexibility index (Phi) is 3.55. The van der Waals surface area contributed by atoms with Crippen LogP contribution in [0.5, 0.6) is 0 Å². The summed E-state index contributed by atoms with van der Waals surface area (Å²) in [7, 11) is 3.07. The Balaban J connectivity index is 1.96. The summed E-state index contributed by atoms with van der Waals surface area (Å²) in [5.74, 6) is 0.168. The molecule has 7 heteroatoms. The Morgan fingerprint density at radius 1 is 1.57 bits per heavy atom. The second kappa shape index (κ2) is 5.12. The molecule has 1 aliphatic heterocycles. The second-order valence-electron chi connectivity index (χ2n) is 5.89. The van der Waals surface area contributed by atoms with Crippen molar-refractivity contribution in [3.8, 4) is 0 Å². The third-order valence-electron chi connectivity index (χ3n) is 4.86. The Morgan fingerprint density at radius 3 is 3.05 bits per heavy atom. The number of methoxy groups -OCH3 is 1. The fourth-order valence-electron chi connectivity index (χ4n) is 3.73. The number of nitrogens with zero attached hydrogens (tertiary/aromatic N) is 3. The van der Waals surface area contributed by atoms with Gasteiger partial charge in [0.15, 0.2) is 0 Å². The summed E-state index contributed by atoms with van der Waals surface area (Å²) in [5.41, 5.74) is 0.169. The average molecular weight is 356 g/mol. The van der Waals surface area contributed by atoms with Crippen molar-refractivity contribution in [2.24, 2.45) is 18.4 Å². The number of carbonyl (C=O) groups is 1. The number of ether oxygens (including phenoxy) is 1. The molecule has 0 bridgehead atoms. The Labute approximate surface area is 131 Å². The molecule has 21 heavy (non-hydrogen) atoms. The molecular weight excluding hydrogens is 338 g/mol. The molecule has 1 aromatic heterocycles. The first-order valence-corrected chi connectivity index (χ1v) is 7.84. The topological polar surface area (TPSA) is 64.4 Å². The van der Waals surface area contributed by atoms with E-state index in [0.717, 1.165) is 31.5 Å². The van der Waals surface area contributed by atoms with Crippen LogP contribution in [0.1, 0.15) is 19.3 Å². The minimum atomic E-state index is -0.421. The maximum absolute atomic E-state index is 12.3. The molecule has 2 aliphatic rings. The van der Waals surface area contributed by atoms with E-state index in [0.29, 0.717) is 16.9 Å². The van der Waals surface area contributed by atoms with Gasteiger partial charge in [-0.25, -0.2) is 4.68 Å². The first kappa shape index (κ1) is 14.6. The zero-order valence-electron chi connectivity index (χ0n) is 12.1. The Hall–Kier alpha value is -1.37. The summed E-state index contributed by atoms with van der Waals surface area (Å²) in [6, 6.07) is 0. The van der Waals surface area contributed by atoms with Crippen LogP contribution in [0, 0.1) is 11.3 Å². The van der Waals surface area contributed by atoms with Crippen molar-refractivity contribution in [1.29, 1.82) is 0 Å². The van der Waals surface area contributed by atoms with Gasteiger partial charge >= 0.3 is 5.97 Å². The molecular formula is C14H18BrN3O3. The summed E-state index contributed by atoms with van der Waals surface area (Å²) < 4.78 is 6.83. The lowest BCUT2D eigenvalue weighted by Crippen LogP contribution is -2.37. The first-order valence-electron chi connectivity index (χ1n) is 7.05. The normalized spacial score (nSPS) is 27.8. The zero-order valence-corrected chi connectivity index (χ0v) is 13.7. The van der Waals surface area contributed by atoms with Crippen LogP contribution in [-0.2, 0) is 16.6 Å². The SMILES string of the molecule is COC(=O)C12CCCC1CN(c1cnn(C)c(=O)c1Br)C2. The lowest BCUT2D eigenvalue weighted by Gasteiger charge is -2.26. The van der Waals surface area contributed by atoms with Gasteiger partial charge in [0, 0.05) is 20.1 Å². The van der Waals surface area contributed by atoms with Gasteiger partial charge in [0.1, 0.15) is 4.47 Å². The molecule has 0 spiro atoms. The van der Waals surface area contributed by atoms with Gasteiger partial charge in [0.05, 0.1) is 24.4 Å². The van der Waals surface area contributed by atoms with E-state index in [1.807, 2.05) is 0 Å². The third kappa shape index (κ3) is 2.09. The molecule has 1 aromatic rings. The molecule has 2 fully saturated rings. The van der Waals surface area contributed by atoms with E-state index in [2.05, 4.69) is 25.9 Å².